The number of carboxylic acids is 1. The number of amides is 2. The Morgan fingerprint density at radius 3 is 2.29 bits per heavy atom. The Hall–Kier alpha value is -4.33. The summed E-state index contributed by atoms with van der Waals surface area (Å²) in [5.41, 5.74) is 5.35. The molecule has 8 heteroatoms. The number of hydrogen-bond acceptors (Lipinski definition) is 4. The van der Waals surface area contributed by atoms with Crippen LogP contribution in [0.15, 0.2) is 78.5 Å². The van der Waals surface area contributed by atoms with Gasteiger partial charge in [0.25, 0.3) is 0 Å². The third-order valence-electron chi connectivity index (χ3n) is 6.06. The van der Waals surface area contributed by atoms with Gasteiger partial charge < -0.3 is 25.5 Å². The zero-order valence-corrected chi connectivity index (χ0v) is 19.3. The van der Waals surface area contributed by atoms with Crippen LogP contribution in [0.25, 0.3) is 11.1 Å². The highest BCUT2D eigenvalue weighted by atomic mass is 16.5. The van der Waals surface area contributed by atoms with Crippen LogP contribution in [0.1, 0.15) is 29.7 Å². The largest absolute Gasteiger partial charge is 0.478 e. The second kappa shape index (κ2) is 10.7. The fourth-order valence-electron chi connectivity index (χ4n) is 4.22. The summed E-state index contributed by atoms with van der Waals surface area (Å²) in [4.78, 5) is 39.5. The number of fused-ring (bicyclic) bond motifs is 3. The molecule has 0 fully saturated rings. The summed E-state index contributed by atoms with van der Waals surface area (Å²) < 4.78 is 5.58. The van der Waals surface area contributed by atoms with Gasteiger partial charge in [-0.3, -0.25) is 4.79 Å². The normalized spacial score (nSPS) is 13.5. The van der Waals surface area contributed by atoms with Crippen LogP contribution in [-0.4, -0.2) is 47.3 Å². The average molecular weight is 474 g/mol. The molecule has 0 saturated heterocycles. The van der Waals surface area contributed by atoms with Crippen molar-refractivity contribution in [2.24, 2.45) is 0 Å². The molecule has 35 heavy (non-hydrogen) atoms. The van der Waals surface area contributed by atoms with Crippen LogP contribution in [0.5, 0.6) is 0 Å². The van der Waals surface area contributed by atoms with Gasteiger partial charge in [0.2, 0.25) is 5.91 Å². The third-order valence-corrected chi connectivity index (χ3v) is 6.06. The number of benzene rings is 2. The van der Waals surface area contributed by atoms with Gasteiger partial charge in [0.15, 0.2) is 0 Å². The summed E-state index contributed by atoms with van der Waals surface area (Å²) in [6.07, 6.45) is 2.66. The Morgan fingerprint density at radius 2 is 1.69 bits per heavy atom. The van der Waals surface area contributed by atoms with Crippen molar-refractivity contribution < 1.29 is 24.2 Å². The number of carbonyl (C=O) groups is 3. The van der Waals surface area contributed by atoms with Crippen LogP contribution < -0.4 is 10.6 Å². The predicted octanol–water partition coefficient (Wildman–Crippen LogP) is 3.61. The maximum Gasteiger partial charge on any atom is 0.407 e. The number of aromatic nitrogens is 1. The average Bonchev–Trinajstić information content (AvgIpc) is 3.48. The Morgan fingerprint density at radius 1 is 1.03 bits per heavy atom. The molecule has 2 amide bonds. The van der Waals surface area contributed by atoms with Crippen LogP contribution in [0.2, 0.25) is 0 Å². The van der Waals surface area contributed by atoms with Gasteiger partial charge in [-0.2, -0.15) is 0 Å². The smallest absolute Gasteiger partial charge is 0.407 e. The molecule has 3 aromatic rings. The maximum absolute atomic E-state index is 12.8. The summed E-state index contributed by atoms with van der Waals surface area (Å²) in [6.45, 7) is 1.61. The SMILES string of the molecule is C/C(=C\CNC(=O)C(Cc1ccc[nH]1)NC(=O)OCC1c2ccccc2-c2ccccc21)C(=O)O. The van der Waals surface area contributed by atoms with Gasteiger partial charge in [0.1, 0.15) is 12.6 Å². The van der Waals surface area contributed by atoms with E-state index in [0.29, 0.717) is 0 Å². The zero-order chi connectivity index (χ0) is 24.8. The molecule has 0 radical (unpaired) electrons. The zero-order valence-electron chi connectivity index (χ0n) is 19.3. The summed E-state index contributed by atoms with van der Waals surface area (Å²) in [7, 11) is 0. The van der Waals surface area contributed by atoms with Gasteiger partial charge in [0.05, 0.1) is 0 Å². The number of ether oxygens (including phenoxy) is 1. The summed E-state index contributed by atoms with van der Waals surface area (Å²) in [5, 5.41) is 14.3. The molecule has 4 N–H and O–H groups in total. The van der Waals surface area contributed by atoms with Crippen molar-refractivity contribution in [3.63, 3.8) is 0 Å². The minimum Gasteiger partial charge on any atom is -0.478 e. The molecular formula is C27H27N3O5. The van der Waals surface area contributed by atoms with E-state index in [4.69, 9.17) is 9.84 Å². The van der Waals surface area contributed by atoms with Gasteiger partial charge in [-0.1, -0.05) is 54.6 Å². The molecule has 1 aliphatic rings. The number of alkyl carbamates (subject to hydrolysis) is 1. The standard InChI is InChI=1S/C27H27N3O5/c1-17(26(32)33)12-14-29-25(31)24(15-18-7-6-13-28-18)30-27(34)35-16-23-21-10-4-2-8-19(21)20-9-3-5-11-22(20)23/h2-13,23-24,28H,14-16H2,1H3,(H,29,31)(H,30,34)(H,32,33)/b17-12+. The Bertz CT molecular complexity index is 1200. The van der Waals surface area contributed by atoms with Crippen LogP contribution in [-0.2, 0) is 20.7 Å². The van der Waals surface area contributed by atoms with Crippen molar-refractivity contribution in [2.45, 2.75) is 25.3 Å². The van der Waals surface area contributed by atoms with Gasteiger partial charge in [0, 0.05) is 36.3 Å². The molecule has 0 spiro atoms. The molecule has 1 aromatic heterocycles. The van der Waals surface area contributed by atoms with Crippen molar-refractivity contribution in [3.05, 3.63) is 95.3 Å². The van der Waals surface area contributed by atoms with Crippen molar-refractivity contribution in [1.82, 2.24) is 15.6 Å². The minimum atomic E-state index is -1.06. The summed E-state index contributed by atoms with van der Waals surface area (Å²) in [5.74, 6) is -1.59. The molecule has 1 aliphatic carbocycles. The molecule has 1 unspecified atom stereocenters. The van der Waals surface area contributed by atoms with Crippen molar-refractivity contribution in [2.75, 3.05) is 13.2 Å². The van der Waals surface area contributed by atoms with E-state index < -0.39 is 24.0 Å². The number of hydrogen-bond donors (Lipinski definition) is 4. The highest BCUT2D eigenvalue weighted by Crippen LogP contribution is 2.44. The van der Waals surface area contributed by atoms with E-state index >= 15 is 0 Å². The van der Waals surface area contributed by atoms with Crippen molar-refractivity contribution >= 4 is 18.0 Å². The highest BCUT2D eigenvalue weighted by molar-refractivity contribution is 5.87. The Balaban J connectivity index is 1.41. The van der Waals surface area contributed by atoms with E-state index in [-0.39, 0.29) is 31.1 Å². The first-order valence-electron chi connectivity index (χ1n) is 11.4. The number of aliphatic carboxylic acids is 1. The third kappa shape index (κ3) is 5.60. The lowest BCUT2D eigenvalue weighted by atomic mass is 9.98. The highest BCUT2D eigenvalue weighted by Gasteiger charge is 2.30. The van der Waals surface area contributed by atoms with Crippen LogP contribution in [0, 0.1) is 0 Å². The molecule has 4 rings (SSSR count). The monoisotopic (exact) mass is 473 g/mol. The van der Waals surface area contributed by atoms with Crippen LogP contribution >= 0.6 is 0 Å². The molecule has 8 nitrogen and oxygen atoms in total. The molecule has 0 bridgehead atoms. The molecule has 1 heterocycles. The van der Waals surface area contributed by atoms with Gasteiger partial charge >= 0.3 is 12.1 Å². The lowest BCUT2D eigenvalue weighted by molar-refractivity contribution is -0.132. The molecule has 180 valence electrons. The molecule has 2 aromatic carbocycles. The van der Waals surface area contributed by atoms with E-state index in [1.54, 1.807) is 12.3 Å². The number of rotatable bonds is 9. The maximum atomic E-state index is 12.8. The quantitative estimate of drug-likeness (QED) is 0.354. The van der Waals surface area contributed by atoms with Gasteiger partial charge in [-0.25, -0.2) is 9.59 Å². The van der Waals surface area contributed by atoms with E-state index in [0.717, 1.165) is 27.9 Å². The van der Waals surface area contributed by atoms with Gasteiger partial charge in [-0.15, -0.1) is 0 Å². The number of nitrogens with one attached hydrogen (secondary N) is 3. The summed E-state index contributed by atoms with van der Waals surface area (Å²) >= 11 is 0. The molecule has 0 saturated carbocycles. The lowest BCUT2D eigenvalue weighted by Gasteiger charge is -2.19. The minimum absolute atomic E-state index is 0.0323. The molecular weight excluding hydrogens is 446 g/mol. The number of carboxylic acid groups (broad SMARTS) is 1. The Labute approximate surface area is 203 Å². The lowest BCUT2D eigenvalue weighted by Crippen LogP contribution is -2.48. The topological polar surface area (TPSA) is 121 Å². The number of H-pyrrole nitrogens is 1. The van der Waals surface area contributed by atoms with Crippen LogP contribution in [0.4, 0.5) is 4.79 Å². The first-order valence-corrected chi connectivity index (χ1v) is 11.4. The first-order chi connectivity index (χ1) is 16.9. The van der Waals surface area contributed by atoms with E-state index in [2.05, 4.69) is 27.8 Å². The fourth-order valence-corrected chi connectivity index (χ4v) is 4.22. The second-order valence-corrected chi connectivity index (χ2v) is 8.36. The van der Waals surface area contributed by atoms with Gasteiger partial charge in [-0.05, 0) is 41.3 Å². The first kappa shape index (κ1) is 23.8. The molecule has 0 aliphatic heterocycles. The Kier molecular flexibility index (Phi) is 7.30. The van der Waals surface area contributed by atoms with Crippen LogP contribution in [0.3, 0.4) is 0 Å². The predicted molar refractivity (Wildman–Crippen MR) is 131 cm³/mol. The van der Waals surface area contributed by atoms with E-state index in [1.807, 2.05) is 42.5 Å². The molecule has 1 atom stereocenters. The van der Waals surface area contributed by atoms with E-state index in [1.165, 1.54) is 13.0 Å². The number of aromatic amines is 1. The fraction of sp³-hybridized carbons (Fsp3) is 0.222. The number of carbonyl (C=O) groups excluding carboxylic acids is 2. The second-order valence-electron chi connectivity index (χ2n) is 8.36. The summed E-state index contributed by atoms with van der Waals surface area (Å²) in [6, 6.07) is 18.8. The van der Waals surface area contributed by atoms with E-state index in [9.17, 15) is 14.4 Å². The van der Waals surface area contributed by atoms with Crippen molar-refractivity contribution in [1.29, 1.82) is 0 Å². The van der Waals surface area contributed by atoms with Crippen molar-refractivity contribution in [3.8, 4) is 11.1 Å².